The van der Waals surface area contributed by atoms with Crippen LogP contribution < -0.4 is 0 Å². The second-order valence-electron chi connectivity index (χ2n) is 6.29. The zero-order valence-corrected chi connectivity index (χ0v) is 11.3. The fourth-order valence-corrected chi connectivity index (χ4v) is 3.40. The lowest BCUT2D eigenvalue weighted by molar-refractivity contribution is 0.0711. The monoisotopic (exact) mass is 224 g/mol. The first-order valence-corrected chi connectivity index (χ1v) is 7.04. The summed E-state index contributed by atoms with van der Waals surface area (Å²) in [6.07, 6.45) is 7.22. The van der Waals surface area contributed by atoms with Crippen molar-refractivity contribution in [2.24, 2.45) is 5.41 Å². The fraction of sp³-hybridized carbons (Fsp3) is 1.00. The van der Waals surface area contributed by atoms with Gasteiger partial charge in [0.25, 0.3) is 0 Å². The molecule has 0 aliphatic carbocycles. The lowest BCUT2D eigenvalue weighted by Gasteiger charge is -2.43. The summed E-state index contributed by atoms with van der Waals surface area (Å²) in [5.74, 6) is 0. The first-order chi connectivity index (χ1) is 7.61. The SMILES string of the molecule is CC(C)N1CCC2(CCCN(C)CC2)CC1. The molecule has 2 fully saturated rings. The molecule has 1 spiro atoms. The van der Waals surface area contributed by atoms with E-state index in [1.807, 2.05) is 0 Å². The van der Waals surface area contributed by atoms with Crippen molar-refractivity contribution in [3.8, 4) is 0 Å². The molecule has 0 bridgehead atoms. The average molecular weight is 224 g/mol. The van der Waals surface area contributed by atoms with E-state index in [4.69, 9.17) is 0 Å². The van der Waals surface area contributed by atoms with Crippen LogP contribution in [0.15, 0.2) is 0 Å². The van der Waals surface area contributed by atoms with Crippen molar-refractivity contribution in [3.05, 3.63) is 0 Å². The summed E-state index contributed by atoms with van der Waals surface area (Å²) in [6, 6.07) is 0.741. The molecule has 2 aliphatic rings. The molecule has 0 aromatic rings. The van der Waals surface area contributed by atoms with Crippen LogP contribution >= 0.6 is 0 Å². The lowest BCUT2D eigenvalue weighted by atomic mass is 9.73. The molecule has 0 aromatic carbocycles. The van der Waals surface area contributed by atoms with E-state index < -0.39 is 0 Å². The first-order valence-electron chi connectivity index (χ1n) is 7.04. The Labute approximate surface area is 101 Å². The van der Waals surface area contributed by atoms with Crippen LogP contribution in [-0.4, -0.2) is 49.1 Å². The van der Waals surface area contributed by atoms with Gasteiger partial charge >= 0.3 is 0 Å². The van der Waals surface area contributed by atoms with Crippen molar-refractivity contribution in [3.63, 3.8) is 0 Å². The molecule has 0 radical (unpaired) electrons. The number of hydrogen-bond acceptors (Lipinski definition) is 2. The van der Waals surface area contributed by atoms with E-state index in [0.29, 0.717) is 5.41 Å². The maximum absolute atomic E-state index is 2.65. The number of piperidine rings is 1. The fourth-order valence-electron chi connectivity index (χ4n) is 3.40. The summed E-state index contributed by atoms with van der Waals surface area (Å²) in [5, 5.41) is 0. The number of likely N-dealkylation sites (tertiary alicyclic amines) is 2. The minimum Gasteiger partial charge on any atom is -0.306 e. The molecule has 0 unspecified atom stereocenters. The highest BCUT2D eigenvalue weighted by Gasteiger charge is 2.35. The van der Waals surface area contributed by atoms with Gasteiger partial charge in [-0.15, -0.1) is 0 Å². The lowest BCUT2D eigenvalue weighted by Crippen LogP contribution is -2.43. The molecule has 0 saturated carbocycles. The molecule has 0 N–H and O–H groups in total. The van der Waals surface area contributed by atoms with Gasteiger partial charge in [-0.1, -0.05) is 0 Å². The predicted octanol–water partition coefficient (Wildman–Crippen LogP) is 2.59. The molecule has 2 nitrogen and oxygen atoms in total. The van der Waals surface area contributed by atoms with Gasteiger partial charge in [0.15, 0.2) is 0 Å². The Kier molecular flexibility index (Phi) is 3.91. The standard InChI is InChI=1S/C14H28N2/c1-13(2)16-11-7-14(8-12-16)5-4-9-15(3)10-6-14/h13H,4-12H2,1-3H3. The normalized spacial score (nSPS) is 28.5. The number of rotatable bonds is 1. The molecule has 2 heterocycles. The summed E-state index contributed by atoms with van der Waals surface area (Å²) >= 11 is 0. The van der Waals surface area contributed by atoms with Gasteiger partial charge in [0, 0.05) is 6.04 Å². The van der Waals surface area contributed by atoms with Gasteiger partial charge in [0.1, 0.15) is 0 Å². The average Bonchev–Trinajstić information content (AvgIpc) is 2.43. The van der Waals surface area contributed by atoms with Crippen LogP contribution in [0.25, 0.3) is 0 Å². The van der Waals surface area contributed by atoms with E-state index in [1.54, 1.807) is 0 Å². The Bertz CT molecular complexity index is 217. The third-order valence-electron chi connectivity index (χ3n) is 4.86. The van der Waals surface area contributed by atoms with Crippen LogP contribution in [0.5, 0.6) is 0 Å². The van der Waals surface area contributed by atoms with Crippen molar-refractivity contribution in [1.29, 1.82) is 0 Å². The summed E-state index contributed by atoms with van der Waals surface area (Å²) in [7, 11) is 2.28. The van der Waals surface area contributed by atoms with Crippen molar-refractivity contribution >= 4 is 0 Å². The van der Waals surface area contributed by atoms with E-state index >= 15 is 0 Å². The molecule has 2 heteroatoms. The van der Waals surface area contributed by atoms with Gasteiger partial charge in [0.2, 0.25) is 0 Å². The van der Waals surface area contributed by atoms with Gasteiger partial charge < -0.3 is 9.80 Å². The highest BCUT2D eigenvalue weighted by molar-refractivity contribution is 4.89. The highest BCUT2D eigenvalue weighted by Crippen LogP contribution is 2.41. The first kappa shape index (κ1) is 12.4. The smallest absolute Gasteiger partial charge is 0.00385 e. The third kappa shape index (κ3) is 2.78. The topological polar surface area (TPSA) is 6.48 Å². The molecule has 2 rings (SSSR count). The van der Waals surface area contributed by atoms with Crippen molar-refractivity contribution < 1.29 is 0 Å². The van der Waals surface area contributed by atoms with Gasteiger partial charge in [0.05, 0.1) is 0 Å². The molecule has 2 saturated heterocycles. The molecule has 0 amide bonds. The van der Waals surface area contributed by atoms with Crippen LogP contribution in [0.1, 0.15) is 46.0 Å². The Morgan fingerprint density at radius 3 is 2.12 bits per heavy atom. The second-order valence-corrected chi connectivity index (χ2v) is 6.29. The van der Waals surface area contributed by atoms with E-state index in [9.17, 15) is 0 Å². The summed E-state index contributed by atoms with van der Waals surface area (Å²) < 4.78 is 0. The predicted molar refractivity (Wildman–Crippen MR) is 69.7 cm³/mol. The van der Waals surface area contributed by atoms with Crippen LogP contribution in [0.3, 0.4) is 0 Å². The van der Waals surface area contributed by atoms with E-state index in [1.165, 1.54) is 58.3 Å². The van der Waals surface area contributed by atoms with Gasteiger partial charge in [-0.05, 0) is 84.6 Å². The van der Waals surface area contributed by atoms with Crippen LogP contribution in [0.2, 0.25) is 0 Å². The van der Waals surface area contributed by atoms with Crippen LogP contribution in [0, 0.1) is 5.41 Å². The minimum atomic E-state index is 0.705. The van der Waals surface area contributed by atoms with Crippen molar-refractivity contribution in [1.82, 2.24) is 9.80 Å². The molecule has 0 atom stereocenters. The molecule has 2 aliphatic heterocycles. The van der Waals surface area contributed by atoms with Crippen LogP contribution in [-0.2, 0) is 0 Å². The van der Waals surface area contributed by atoms with Gasteiger partial charge in [-0.3, -0.25) is 0 Å². The summed E-state index contributed by atoms with van der Waals surface area (Å²) in [4.78, 5) is 5.17. The molecule has 94 valence electrons. The van der Waals surface area contributed by atoms with Crippen molar-refractivity contribution in [2.75, 3.05) is 33.2 Å². The Morgan fingerprint density at radius 2 is 1.50 bits per heavy atom. The zero-order chi connectivity index (χ0) is 11.6. The van der Waals surface area contributed by atoms with E-state index in [0.717, 1.165) is 6.04 Å². The number of hydrogen-bond donors (Lipinski definition) is 0. The number of nitrogens with zero attached hydrogens (tertiary/aromatic N) is 2. The quantitative estimate of drug-likeness (QED) is 0.675. The van der Waals surface area contributed by atoms with Gasteiger partial charge in [-0.2, -0.15) is 0 Å². The Morgan fingerprint density at radius 1 is 0.875 bits per heavy atom. The Hall–Kier alpha value is -0.0800. The highest BCUT2D eigenvalue weighted by atomic mass is 15.2. The molecule has 16 heavy (non-hydrogen) atoms. The zero-order valence-electron chi connectivity index (χ0n) is 11.3. The maximum atomic E-state index is 2.65. The summed E-state index contributed by atoms with van der Waals surface area (Å²) in [6.45, 7) is 9.97. The molecule has 0 aromatic heterocycles. The minimum absolute atomic E-state index is 0.705. The maximum Gasteiger partial charge on any atom is 0.00385 e. The largest absolute Gasteiger partial charge is 0.306 e. The molecular weight excluding hydrogens is 196 g/mol. The Balaban J connectivity index is 1.90. The summed E-state index contributed by atoms with van der Waals surface area (Å²) in [5.41, 5.74) is 0.705. The van der Waals surface area contributed by atoms with E-state index in [2.05, 4.69) is 30.7 Å². The van der Waals surface area contributed by atoms with Gasteiger partial charge in [-0.25, -0.2) is 0 Å². The third-order valence-corrected chi connectivity index (χ3v) is 4.86. The van der Waals surface area contributed by atoms with E-state index in [-0.39, 0.29) is 0 Å². The molecular formula is C14H28N2. The second kappa shape index (κ2) is 5.05. The van der Waals surface area contributed by atoms with Crippen molar-refractivity contribution in [2.45, 2.75) is 52.0 Å². The van der Waals surface area contributed by atoms with Crippen LogP contribution in [0.4, 0.5) is 0 Å².